The first-order chi connectivity index (χ1) is 14.0. The second kappa shape index (κ2) is 8.03. The van der Waals surface area contributed by atoms with Crippen LogP contribution < -0.4 is 10.6 Å². The molecule has 1 amide bonds. The van der Waals surface area contributed by atoms with E-state index >= 15 is 0 Å². The van der Waals surface area contributed by atoms with Crippen molar-refractivity contribution in [2.45, 2.75) is 6.92 Å². The number of amides is 1. The Balaban J connectivity index is 1.49. The number of anilines is 1. The lowest BCUT2D eigenvalue weighted by Gasteiger charge is -2.10. The molecule has 0 aliphatic heterocycles. The molecule has 3 aromatic carbocycles. The van der Waals surface area contributed by atoms with E-state index in [4.69, 9.17) is 28.2 Å². The Morgan fingerprint density at radius 3 is 2.59 bits per heavy atom. The highest BCUT2D eigenvalue weighted by molar-refractivity contribution is 7.80. The van der Waals surface area contributed by atoms with Crippen molar-refractivity contribution in [3.8, 4) is 11.5 Å². The fourth-order valence-electron chi connectivity index (χ4n) is 2.88. The molecule has 0 unspecified atom stereocenters. The number of oxazole rings is 1. The average Bonchev–Trinajstić information content (AvgIpc) is 3.12. The van der Waals surface area contributed by atoms with Crippen LogP contribution in [-0.2, 0) is 0 Å². The van der Waals surface area contributed by atoms with Crippen molar-refractivity contribution in [3.63, 3.8) is 0 Å². The Bertz CT molecular complexity index is 1220. The summed E-state index contributed by atoms with van der Waals surface area (Å²) >= 11 is 11.2. The molecule has 0 aliphatic carbocycles. The lowest BCUT2D eigenvalue weighted by Crippen LogP contribution is -2.34. The Labute approximate surface area is 177 Å². The van der Waals surface area contributed by atoms with Crippen LogP contribution in [0.15, 0.2) is 71.1 Å². The zero-order valence-electron chi connectivity index (χ0n) is 15.4. The van der Waals surface area contributed by atoms with Crippen LogP contribution in [0, 0.1) is 6.92 Å². The summed E-state index contributed by atoms with van der Waals surface area (Å²) in [6.45, 7) is 1.88. The van der Waals surface area contributed by atoms with E-state index in [1.807, 2.05) is 49.4 Å². The molecule has 4 rings (SSSR count). The first-order valence-corrected chi connectivity index (χ1v) is 9.63. The molecule has 0 bridgehead atoms. The fourth-order valence-corrected chi connectivity index (χ4v) is 3.22. The molecule has 7 heteroatoms. The van der Waals surface area contributed by atoms with Gasteiger partial charge in [0, 0.05) is 21.8 Å². The van der Waals surface area contributed by atoms with E-state index in [0.717, 1.165) is 11.1 Å². The Morgan fingerprint density at radius 1 is 1.07 bits per heavy atom. The van der Waals surface area contributed by atoms with Crippen molar-refractivity contribution in [2.75, 3.05) is 5.32 Å². The van der Waals surface area contributed by atoms with E-state index in [2.05, 4.69) is 15.6 Å². The summed E-state index contributed by atoms with van der Waals surface area (Å²) in [5.41, 5.74) is 4.32. The molecule has 5 nitrogen and oxygen atoms in total. The van der Waals surface area contributed by atoms with Crippen molar-refractivity contribution in [1.29, 1.82) is 0 Å². The summed E-state index contributed by atoms with van der Waals surface area (Å²) in [7, 11) is 0. The van der Waals surface area contributed by atoms with E-state index in [1.165, 1.54) is 0 Å². The lowest BCUT2D eigenvalue weighted by molar-refractivity contribution is 0.0977. The smallest absolute Gasteiger partial charge is 0.257 e. The molecule has 0 aliphatic rings. The summed E-state index contributed by atoms with van der Waals surface area (Å²) in [5.74, 6) is 0.248. The third kappa shape index (κ3) is 4.29. The minimum absolute atomic E-state index is 0.207. The fraction of sp³-hybridized carbons (Fsp3) is 0.0455. The normalized spacial score (nSPS) is 10.7. The number of carbonyl (C=O) groups is 1. The number of nitrogens with one attached hydrogen (secondary N) is 2. The van der Waals surface area contributed by atoms with Gasteiger partial charge in [0.25, 0.3) is 5.91 Å². The van der Waals surface area contributed by atoms with E-state index in [-0.39, 0.29) is 11.0 Å². The maximum atomic E-state index is 12.4. The number of nitrogens with zero attached hydrogens (tertiary/aromatic N) is 1. The molecule has 0 saturated carbocycles. The molecular weight excluding hydrogens is 406 g/mol. The number of hydrogen-bond donors (Lipinski definition) is 2. The van der Waals surface area contributed by atoms with Crippen molar-refractivity contribution < 1.29 is 9.21 Å². The summed E-state index contributed by atoms with van der Waals surface area (Å²) in [6.07, 6.45) is 0. The molecule has 0 spiro atoms. The summed E-state index contributed by atoms with van der Waals surface area (Å²) in [4.78, 5) is 16.9. The number of aromatic nitrogens is 1. The molecule has 0 radical (unpaired) electrons. The van der Waals surface area contributed by atoms with Gasteiger partial charge in [-0.2, -0.15) is 0 Å². The molecule has 2 N–H and O–H groups in total. The third-order valence-corrected chi connectivity index (χ3v) is 4.81. The molecule has 0 atom stereocenters. The molecule has 1 aromatic heterocycles. The number of halogens is 1. The molecular formula is C22H16ClN3O2S. The number of carbonyl (C=O) groups excluding carboxylic acids is 1. The van der Waals surface area contributed by atoms with E-state index in [0.29, 0.717) is 33.3 Å². The van der Waals surface area contributed by atoms with Gasteiger partial charge >= 0.3 is 0 Å². The number of benzene rings is 3. The molecule has 144 valence electrons. The van der Waals surface area contributed by atoms with Crippen LogP contribution in [0.25, 0.3) is 22.6 Å². The van der Waals surface area contributed by atoms with E-state index in [1.54, 1.807) is 24.3 Å². The molecule has 29 heavy (non-hydrogen) atoms. The zero-order chi connectivity index (χ0) is 20.4. The second-order valence-electron chi connectivity index (χ2n) is 6.43. The number of rotatable bonds is 3. The highest BCUT2D eigenvalue weighted by Gasteiger charge is 2.12. The highest BCUT2D eigenvalue weighted by Crippen LogP contribution is 2.27. The van der Waals surface area contributed by atoms with E-state index in [9.17, 15) is 4.79 Å². The number of fused-ring (bicyclic) bond motifs is 1. The van der Waals surface area contributed by atoms with Crippen LogP contribution in [-0.4, -0.2) is 16.0 Å². The van der Waals surface area contributed by atoms with Crippen molar-refractivity contribution >= 4 is 51.6 Å². The summed E-state index contributed by atoms with van der Waals surface area (Å²) < 4.78 is 5.80. The van der Waals surface area contributed by atoms with Crippen LogP contribution in [0.1, 0.15) is 15.9 Å². The van der Waals surface area contributed by atoms with Crippen molar-refractivity contribution in [2.24, 2.45) is 0 Å². The first kappa shape index (κ1) is 19.1. The SMILES string of the molecule is Cc1ccccc1C(=O)NC(=S)Nc1ccc2oc(-c3ccc(Cl)cc3)nc2c1. The van der Waals surface area contributed by atoms with Crippen LogP contribution in [0.2, 0.25) is 5.02 Å². The zero-order valence-corrected chi connectivity index (χ0v) is 17.0. The minimum Gasteiger partial charge on any atom is -0.436 e. The maximum Gasteiger partial charge on any atom is 0.257 e. The third-order valence-electron chi connectivity index (χ3n) is 4.35. The second-order valence-corrected chi connectivity index (χ2v) is 7.28. The predicted octanol–water partition coefficient (Wildman–Crippen LogP) is 5.58. The van der Waals surface area contributed by atoms with Gasteiger partial charge in [-0.15, -0.1) is 0 Å². The maximum absolute atomic E-state index is 12.4. The molecule has 0 saturated heterocycles. The van der Waals surface area contributed by atoms with Crippen LogP contribution in [0.4, 0.5) is 5.69 Å². The largest absolute Gasteiger partial charge is 0.436 e. The predicted molar refractivity (Wildman–Crippen MR) is 119 cm³/mol. The van der Waals surface area contributed by atoms with Gasteiger partial charge in [0.15, 0.2) is 10.7 Å². The number of hydrogen-bond acceptors (Lipinski definition) is 4. The van der Waals surface area contributed by atoms with E-state index < -0.39 is 0 Å². The quantitative estimate of drug-likeness (QED) is 0.422. The van der Waals surface area contributed by atoms with Crippen LogP contribution >= 0.6 is 23.8 Å². The molecule has 1 heterocycles. The van der Waals surface area contributed by atoms with Crippen molar-refractivity contribution in [3.05, 3.63) is 82.9 Å². The summed E-state index contributed by atoms with van der Waals surface area (Å²) in [6, 6.07) is 20.0. The molecule has 0 fully saturated rings. The van der Waals surface area contributed by atoms with Gasteiger partial charge in [-0.1, -0.05) is 29.8 Å². The van der Waals surface area contributed by atoms with Crippen molar-refractivity contribution in [1.82, 2.24) is 10.3 Å². The van der Waals surface area contributed by atoms with Gasteiger partial charge in [0.2, 0.25) is 5.89 Å². The van der Waals surface area contributed by atoms with Gasteiger partial charge < -0.3 is 9.73 Å². The first-order valence-electron chi connectivity index (χ1n) is 8.84. The van der Waals surface area contributed by atoms with Gasteiger partial charge in [-0.05, 0) is 73.2 Å². The monoisotopic (exact) mass is 421 g/mol. The Morgan fingerprint density at radius 2 is 1.83 bits per heavy atom. The Hall–Kier alpha value is -3.22. The van der Waals surface area contributed by atoms with Crippen LogP contribution in [0.3, 0.4) is 0 Å². The van der Waals surface area contributed by atoms with Gasteiger partial charge in [0.1, 0.15) is 5.52 Å². The van der Waals surface area contributed by atoms with Gasteiger partial charge in [-0.3, -0.25) is 10.1 Å². The Kier molecular flexibility index (Phi) is 5.29. The van der Waals surface area contributed by atoms with Gasteiger partial charge in [-0.25, -0.2) is 4.98 Å². The molecule has 4 aromatic rings. The highest BCUT2D eigenvalue weighted by atomic mass is 35.5. The standard InChI is InChI=1S/C22H16ClN3O2S/c1-13-4-2-3-5-17(13)20(27)26-22(29)24-16-10-11-19-18(12-16)25-21(28-19)14-6-8-15(23)9-7-14/h2-12H,1H3,(H2,24,26,27,29). The lowest BCUT2D eigenvalue weighted by atomic mass is 10.1. The van der Waals surface area contributed by atoms with Gasteiger partial charge in [0.05, 0.1) is 0 Å². The number of aryl methyl sites for hydroxylation is 1. The topological polar surface area (TPSA) is 67.2 Å². The summed E-state index contributed by atoms with van der Waals surface area (Å²) in [5, 5.41) is 6.56. The minimum atomic E-state index is -0.256. The number of thiocarbonyl (C=S) groups is 1. The average molecular weight is 422 g/mol. The van der Waals surface area contributed by atoms with Crippen LogP contribution in [0.5, 0.6) is 0 Å².